The Morgan fingerprint density at radius 1 is 1.35 bits per heavy atom. The van der Waals surface area contributed by atoms with Gasteiger partial charge >= 0.3 is 0 Å². The Labute approximate surface area is 107 Å². The van der Waals surface area contributed by atoms with E-state index in [4.69, 9.17) is 17.3 Å². The molecule has 0 saturated heterocycles. The number of sulfone groups is 1. The molecule has 2 N–H and O–H groups in total. The van der Waals surface area contributed by atoms with E-state index in [-0.39, 0.29) is 21.4 Å². The van der Waals surface area contributed by atoms with Gasteiger partial charge in [0.25, 0.3) is 0 Å². The van der Waals surface area contributed by atoms with Crippen LogP contribution >= 0.6 is 11.6 Å². The molecule has 6 heteroatoms. The van der Waals surface area contributed by atoms with E-state index >= 15 is 0 Å². The van der Waals surface area contributed by atoms with Crippen molar-refractivity contribution in [1.29, 1.82) is 0 Å². The second-order valence-corrected chi connectivity index (χ2v) is 6.59. The lowest BCUT2D eigenvalue weighted by molar-refractivity contribution is 0.408. The molecule has 96 valence electrons. The number of anilines is 1. The summed E-state index contributed by atoms with van der Waals surface area (Å²) in [6.07, 6.45) is 0.556. The normalized spacial score (nSPS) is 12.0. The number of halogens is 1. The minimum absolute atomic E-state index is 0.0547. The fourth-order valence-corrected chi connectivity index (χ4v) is 3.57. The summed E-state index contributed by atoms with van der Waals surface area (Å²) in [4.78, 5) is 1.99. The summed E-state index contributed by atoms with van der Waals surface area (Å²) in [6.45, 7) is 0.712. The Kier molecular flexibility index (Phi) is 4.80. The smallest absolute Gasteiger partial charge is 0.181 e. The molecule has 1 aromatic rings. The van der Waals surface area contributed by atoms with Crippen molar-refractivity contribution in [1.82, 2.24) is 4.90 Å². The second kappa shape index (κ2) is 5.71. The molecular weight excluding hydrogens is 260 g/mol. The van der Waals surface area contributed by atoms with E-state index in [1.807, 2.05) is 19.0 Å². The zero-order valence-corrected chi connectivity index (χ0v) is 11.6. The molecular formula is C11H17ClN2O2S. The summed E-state index contributed by atoms with van der Waals surface area (Å²) in [6, 6.07) is 4.72. The summed E-state index contributed by atoms with van der Waals surface area (Å²) in [5.74, 6) is 0.0547. The van der Waals surface area contributed by atoms with E-state index in [2.05, 4.69) is 0 Å². The number of nitrogens with zero attached hydrogens (tertiary/aromatic N) is 1. The molecule has 0 radical (unpaired) electrons. The molecule has 1 aromatic carbocycles. The van der Waals surface area contributed by atoms with Crippen molar-refractivity contribution in [3.05, 3.63) is 23.2 Å². The average molecular weight is 277 g/mol. The predicted octanol–water partition coefficient (Wildman–Crippen LogP) is 1.65. The zero-order valence-electron chi connectivity index (χ0n) is 9.98. The molecule has 4 nitrogen and oxygen atoms in total. The molecule has 0 aliphatic heterocycles. The number of hydrogen-bond donors (Lipinski definition) is 1. The van der Waals surface area contributed by atoms with E-state index in [1.165, 1.54) is 6.07 Å². The van der Waals surface area contributed by atoms with Gasteiger partial charge in [0.1, 0.15) is 4.90 Å². The van der Waals surface area contributed by atoms with Crippen LogP contribution < -0.4 is 5.73 Å². The third-order valence-corrected chi connectivity index (χ3v) is 4.66. The van der Waals surface area contributed by atoms with Crippen LogP contribution in [0.1, 0.15) is 6.42 Å². The maximum atomic E-state index is 12.1. The molecule has 0 heterocycles. The van der Waals surface area contributed by atoms with Gasteiger partial charge in [0, 0.05) is 0 Å². The van der Waals surface area contributed by atoms with Crippen LogP contribution in [0.4, 0.5) is 5.69 Å². The van der Waals surface area contributed by atoms with Crippen molar-refractivity contribution in [3.63, 3.8) is 0 Å². The maximum absolute atomic E-state index is 12.1. The molecule has 0 aromatic heterocycles. The molecule has 1 rings (SSSR count). The molecule has 0 saturated carbocycles. The molecule has 0 fully saturated rings. The Bertz CT molecular complexity index is 466. The van der Waals surface area contributed by atoms with Crippen LogP contribution in [0.3, 0.4) is 0 Å². The highest BCUT2D eigenvalue weighted by Gasteiger charge is 2.20. The lowest BCUT2D eigenvalue weighted by Gasteiger charge is -2.11. The first kappa shape index (κ1) is 14.3. The van der Waals surface area contributed by atoms with Gasteiger partial charge in [-0.1, -0.05) is 17.7 Å². The highest BCUT2D eigenvalue weighted by atomic mass is 35.5. The highest BCUT2D eigenvalue weighted by molar-refractivity contribution is 7.91. The predicted molar refractivity (Wildman–Crippen MR) is 71.1 cm³/mol. The van der Waals surface area contributed by atoms with Crippen molar-refractivity contribution >= 4 is 27.1 Å². The summed E-state index contributed by atoms with van der Waals surface area (Å²) >= 11 is 5.89. The number of nitrogen functional groups attached to an aromatic ring is 1. The van der Waals surface area contributed by atoms with Crippen LogP contribution in [0.15, 0.2) is 23.1 Å². The Morgan fingerprint density at radius 3 is 2.53 bits per heavy atom. The van der Waals surface area contributed by atoms with Crippen LogP contribution in [0.5, 0.6) is 0 Å². The monoisotopic (exact) mass is 276 g/mol. The van der Waals surface area contributed by atoms with E-state index in [1.54, 1.807) is 12.1 Å². The van der Waals surface area contributed by atoms with Crippen LogP contribution in [0, 0.1) is 0 Å². The van der Waals surface area contributed by atoms with Crippen molar-refractivity contribution in [2.24, 2.45) is 0 Å². The van der Waals surface area contributed by atoms with Crippen LogP contribution in [0.2, 0.25) is 5.02 Å². The number of rotatable bonds is 5. The molecule has 0 spiro atoms. The first-order valence-electron chi connectivity index (χ1n) is 5.26. The van der Waals surface area contributed by atoms with Gasteiger partial charge < -0.3 is 10.6 Å². The van der Waals surface area contributed by atoms with Gasteiger partial charge in [0.05, 0.1) is 16.5 Å². The van der Waals surface area contributed by atoms with Gasteiger partial charge in [0.2, 0.25) is 0 Å². The van der Waals surface area contributed by atoms with Crippen LogP contribution in [-0.2, 0) is 9.84 Å². The van der Waals surface area contributed by atoms with E-state index in [9.17, 15) is 8.42 Å². The number of benzene rings is 1. The lowest BCUT2D eigenvalue weighted by atomic mass is 10.3. The van der Waals surface area contributed by atoms with Crippen LogP contribution in [0.25, 0.3) is 0 Å². The zero-order chi connectivity index (χ0) is 13.1. The summed E-state index contributed by atoms with van der Waals surface area (Å²) in [5.41, 5.74) is 5.88. The van der Waals surface area contributed by atoms with Gasteiger partial charge in [-0.05, 0) is 39.2 Å². The first-order chi connectivity index (χ1) is 7.84. The minimum atomic E-state index is -3.40. The number of nitrogens with two attached hydrogens (primary N) is 1. The molecule has 0 amide bonds. The topological polar surface area (TPSA) is 63.4 Å². The van der Waals surface area contributed by atoms with E-state index in [0.717, 1.165) is 0 Å². The maximum Gasteiger partial charge on any atom is 0.181 e. The van der Waals surface area contributed by atoms with Crippen molar-refractivity contribution < 1.29 is 8.42 Å². The van der Waals surface area contributed by atoms with Gasteiger partial charge in [-0.25, -0.2) is 8.42 Å². The molecule has 0 atom stereocenters. The van der Waals surface area contributed by atoms with Crippen molar-refractivity contribution in [2.75, 3.05) is 32.1 Å². The summed E-state index contributed by atoms with van der Waals surface area (Å²) in [5, 5.41) is 0.190. The van der Waals surface area contributed by atoms with Gasteiger partial charge in [0.15, 0.2) is 9.84 Å². The Morgan fingerprint density at radius 2 is 2.00 bits per heavy atom. The van der Waals surface area contributed by atoms with Crippen molar-refractivity contribution in [3.8, 4) is 0 Å². The Balaban J connectivity index is 2.90. The van der Waals surface area contributed by atoms with E-state index < -0.39 is 9.84 Å². The molecule has 0 aliphatic rings. The number of hydrogen-bond acceptors (Lipinski definition) is 4. The third-order valence-electron chi connectivity index (χ3n) is 2.33. The Hall–Kier alpha value is -0.780. The summed E-state index contributed by atoms with van der Waals surface area (Å²) < 4.78 is 24.1. The second-order valence-electron chi connectivity index (χ2n) is 4.13. The third kappa shape index (κ3) is 3.87. The van der Waals surface area contributed by atoms with Gasteiger partial charge in [-0.15, -0.1) is 0 Å². The highest BCUT2D eigenvalue weighted by Crippen LogP contribution is 2.28. The largest absolute Gasteiger partial charge is 0.398 e. The fraction of sp³-hybridized carbons (Fsp3) is 0.455. The minimum Gasteiger partial charge on any atom is -0.398 e. The van der Waals surface area contributed by atoms with Crippen molar-refractivity contribution in [2.45, 2.75) is 11.3 Å². The summed E-state index contributed by atoms with van der Waals surface area (Å²) in [7, 11) is 0.398. The molecule has 0 aliphatic carbocycles. The van der Waals surface area contributed by atoms with Gasteiger partial charge in [-0.2, -0.15) is 0 Å². The lowest BCUT2D eigenvalue weighted by Crippen LogP contribution is -2.18. The standard InChI is InChI=1S/C11H17ClN2O2S/c1-14(2)7-4-8-17(15,16)11-9(12)5-3-6-10(11)13/h3,5-6H,4,7-8,13H2,1-2H3. The van der Waals surface area contributed by atoms with E-state index in [0.29, 0.717) is 13.0 Å². The molecule has 0 bridgehead atoms. The SMILES string of the molecule is CN(C)CCCS(=O)(=O)c1c(N)cccc1Cl. The molecule has 0 unspecified atom stereocenters. The fourth-order valence-electron chi connectivity index (χ4n) is 1.53. The molecule has 17 heavy (non-hydrogen) atoms. The van der Waals surface area contributed by atoms with Gasteiger partial charge in [-0.3, -0.25) is 0 Å². The van der Waals surface area contributed by atoms with Crippen LogP contribution in [-0.4, -0.2) is 39.7 Å². The first-order valence-corrected chi connectivity index (χ1v) is 7.29. The average Bonchev–Trinajstić information content (AvgIpc) is 2.15. The quantitative estimate of drug-likeness (QED) is 0.831.